The molecule has 1 aliphatic carbocycles. The summed E-state index contributed by atoms with van der Waals surface area (Å²) in [5.41, 5.74) is 4.94. The van der Waals surface area contributed by atoms with Crippen molar-refractivity contribution in [3.05, 3.63) is 29.8 Å². The van der Waals surface area contributed by atoms with E-state index >= 15 is 0 Å². The van der Waals surface area contributed by atoms with Crippen LogP contribution in [0.1, 0.15) is 56.9 Å². The molecule has 6 heteroatoms. The number of hydrogen-bond donors (Lipinski definition) is 1. The van der Waals surface area contributed by atoms with Crippen molar-refractivity contribution in [2.45, 2.75) is 57.0 Å². The van der Waals surface area contributed by atoms with E-state index in [2.05, 4.69) is 16.3 Å². The van der Waals surface area contributed by atoms with E-state index in [1.807, 2.05) is 18.2 Å². The average Bonchev–Trinajstić information content (AvgIpc) is 3.11. The molecule has 0 unspecified atom stereocenters. The van der Waals surface area contributed by atoms with Crippen LogP contribution in [0.3, 0.4) is 0 Å². The molecule has 0 saturated heterocycles. The highest BCUT2D eigenvalue weighted by Gasteiger charge is 2.36. The molecule has 1 aromatic rings. The topological polar surface area (TPSA) is 66.0 Å². The molecule has 1 heterocycles. The lowest BCUT2D eigenvalue weighted by Crippen LogP contribution is -2.31. The third-order valence-corrected chi connectivity index (χ3v) is 5.21. The Hall–Kier alpha value is -2.21. The molecule has 1 aliphatic heterocycles. The highest BCUT2D eigenvalue weighted by molar-refractivity contribution is 5.69. The summed E-state index contributed by atoms with van der Waals surface area (Å²) in [7, 11) is 3.04. The lowest BCUT2D eigenvalue weighted by Gasteiger charge is -2.29. The van der Waals surface area contributed by atoms with E-state index in [-0.39, 0.29) is 11.6 Å². The van der Waals surface area contributed by atoms with Gasteiger partial charge in [-0.1, -0.05) is 19.3 Å². The van der Waals surface area contributed by atoms with E-state index in [4.69, 9.17) is 14.3 Å². The van der Waals surface area contributed by atoms with Crippen LogP contribution in [-0.4, -0.2) is 32.4 Å². The van der Waals surface area contributed by atoms with Gasteiger partial charge >= 0.3 is 5.97 Å². The van der Waals surface area contributed by atoms with Gasteiger partial charge in [0.05, 0.1) is 26.5 Å². The van der Waals surface area contributed by atoms with Gasteiger partial charge in [0.25, 0.3) is 0 Å². The number of ether oxygens (including phenoxy) is 3. The average molecular weight is 375 g/mol. The summed E-state index contributed by atoms with van der Waals surface area (Å²) in [5, 5.41) is 0. The minimum atomic E-state index is -0.189. The Balaban J connectivity index is 1.63. The van der Waals surface area contributed by atoms with E-state index in [1.165, 1.54) is 26.4 Å². The van der Waals surface area contributed by atoms with Gasteiger partial charge in [0.2, 0.25) is 0 Å². The quantitative estimate of drug-likeness (QED) is 0.547. The summed E-state index contributed by atoms with van der Waals surface area (Å²) in [6.45, 7) is 0.518. The van der Waals surface area contributed by atoms with Gasteiger partial charge in [-0.15, -0.1) is 0 Å². The van der Waals surface area contributed by atoms with Crippen LogP contribution in [-0.2, 0) is 14.4 Å². The van der Waals surface area contributed by atoms with Crippen LogP contribution >= 0.6 is 0 Å². The Labute approximate surface area is 160 Å². The van der Waals surface area contributed by atoms with E-state index in [1.54, 1.807) is 7.11 Å². The molecule has 27 heavy (non-hydrogen) atoms. The number of carbonyl (C=O) groups is 1. The summed E-state index contributed by atoms with van der Waals surface area (Å²) in [6, 6.07) is 5.89. The largest absolute Gasteiger partial charge is 0.493 e. The van der Waals surface area contributed by atoms with E-state index in [0.717, 1.165) is 36.9 Å². The lowest BCUT2D eigenvalue weighted by molar-refractivity contribution is -0.140. The Bertz CT molecular complexity index is 679. The van der Waals surface area contributed by atoms with Gasteiger partial charge in [-0.2, -0.15) is 0 Å². The Morgan fingerprint density at radius 1 is 1.15 bits per heavy atom. The highest BCUT2D eigenvalue weighted by Crippen LogP contribution is 2.39. The predicted octanol–water partition coefficient (Wildman–Crippen LogP) is 4.00. The number of hydroxylamine groups is 1. The monoisotopic (exact) mass is 375 g/mol. The number of methoxy groups -OCH3 is 2. The third kappa shape index (κ3) is 4.95. The number of nitrogens with one attached hydrogen (secondary N) is 1. The van der Waals surface area contributed by atoms with Crippen molar-refractivity contribution in [2.75, 3.05) is 20.8 Å². The number of benzene rings is 1. The van der Waals surface area contributed by atoms with Gasteiger partial charge in [-0.3, -0.25) is 15.1 Å². The summed E-state index contributed by atoms with van der Waals surface area (Å²) < 4.78 is 16.0. The predicted molar refractivity (Wildman–Crippen MR) is 102 cm³/mol. The zero-order valence-electron chi connectivity index (χ0n) is 16.2. The van der Waals surface area contributed by atoms with Crippen LogP contribution in [0.15, 0.2) is 24.3 Å². The van der Waals surface area contributed by atoms with Crippen molar-refractivity contribution >= 4 is 11.7 Å². The first-order chi connectivity index (χ1) is 13.2. The van der Waals surface area contributed by atoms with Crippen molar-refractivity contribution in [1.82, 2.24) is 5.48 Å². The van der Waals surface area contributed by atoms with Crippen molar-refractivity contribution in [1.29, 1.82) is 0 Å². The molecule has 6 nitrogen and oxygen atoms in total. The fourth-order valence-corrected chi connectivity index (χ4v) is 3.63. The first-order valence-corrected chi connectivity index (χ1v) is 9.71. The molecule has 2 aliphatic rings. The third-order valence-electron chi connectivity index (χ3n) is 5.21. The summed E-state index contributed by atoms with van der Waals surface area (Å²) in [6.07, 6.45) is 9.94. The summed E-state index contributed by atoms with van der Waals surface area (Å²) in [4.78, 5) is 17.1. The second kappa shape index (κ2) is 9.13. The highest BCUT2D eigenvalue weighted by atomic mass is 16.7. The fraction of sp³-hybridized carbons (Fsp3) is 0.571. The molecule has 0 atom stereocenters. The molecular formula is C21H29NO5. The lowest BCUT2D eigenvalue weighted by atomic mass is 9.84. The molecule has 1 fully saturated rings. The van der Waals surface area contributed by atoms with E-state index < -0.39 is 0 Å². The number of carbonyl (C=O) groups excluding carboxylic acids is 1. The van der Waals surface area contributed by atoms with E-state index in [9.17, 15) is 4.79 Å². The maximum absolute atomic E-state index is 11.2. The van der Waals surface area contributed by atoms with Gasteiger partial charge in [-0.05, 0) is 50.0 Å². The number of esters is 1. The van der Waals surface area contributed by atoms with Crippen LogP contribution in [0.5, 0.6) is 11.5 Å². The van der Waals surface area contributed by atoms with Crippen molar-refractivity contribution < 1.29 is 23.8 Å². The number of hydrogen-bond acceptors (Lipinski definition) is 6. The SMILES string of the molecule is COC(=O)CCCCOc1cc(C2=CC3(CCCCC3)ON2)ccc1OC. The van der Waals surface area contributed by atoms with Crippen molar-refractivity contribution in [3.8, 4) is 11.5 Å². The van der Waals surface area contributed by atoms with Gasteiger partial charge in [0.1, 0.15) is 5.60 Å². The minimum absolute atomic E-state index is 0.164. The standard InChI is InChI=1S/C21H29NO5/c1-24-18-10-9-16(14-19(18)26-13-7-4-8-20(23)25-2)17-15-21(27-22-17)11-5-3-6-12-21/h9-10,14-15,22H,3-8,11-13H2,1-2H3. The fourth-order valence-electron chi connectivity index (χ4n) is 3.63. The van der Waals surface area contributed by atoms with Gasteiger partial charge < -0.3 is 14.2 Å². The first-order valence-electron chi connectivity index (χ1n) is 9.71. The van der Waals surface area contributed by atoms with Gasteiger partial charge in [0, 0.05) is 12.0 Å². The summed E-state index contributed by atoms with van der Waals surface area (Å²) in [5.74, 6) is 1.20. The Morgan fingerprint density at radius 2 is 1.96 bits per heavy atom. The zero-order valence-corrected chi connectivity index (χ0v) is 16.2. The molecular weight excluding hydrogens is 346 g/mol. The molecule has 1 aromatic carbocycles. The van der Waals surface area contributed by atoms with Crippen LogP contribution in [0, 0.1) is 0 Å². The van der Waals surface area contributed by atoms with Gasteiger partial charge in [-0.25, -0.2) is 0 Å². The minimum Gasteiger partial charge on any atom is -0.493 e. The van der Waals surface area contributed by atoms with E-state index in [0.29, 0.717) is 24.5 Å². The van der Waals surface area contributed by atoms with Crippen LogP contribution in [0.25, 0.3) is 5.70 Å². The van der Waals surface area contributed by atoms with Crippen LogP contribution in [0.2, 0.25) is 0 Å². The second-order valence-corrected chi connectivity index (χ2v) is 7.13. The molecule has 1 spiro atoms. The maximum atomic E-state index is 11.2. The second-order valence-electron chi connectivity index (χ2n) is 7.13. The zero-order chi connectivity index (χ0) is 19.1. The van der Waals surface area contributed by atoms with Crippen molar-refractivity contribution in [2.24, 2.45) is 0 Å². The van der Waals surface area contributed by atoms with Crippen molar-refractivity contribution in [3.63, 3.8) is 0 Å². The molecule has 1 saturated carbocycles. The van der Waals surface area contributed by atoms with Crippen LogP contribution in [0.4, 0.5) is 0 Å². The first kappa shape index (κ1) is 19.5. The number of unbranched alkanes of at least 4 members (excludes halogenated alkanes) is 1. The molecule has 1 N–H and O–H groups in total. The molecule has 3 rings (SSSR count). The smallest absolute Gasteiger partial charge is 0.305 e. The molecule has 0 aromatic heterocycles. The Kier molecular flexibility index (Phi) is 6.61. The maximum Gasteiger partial charge on any atom is 0.305 e. The molecule has 0 radical (unpaired) electrons. The Morgan fingerprint density at radius 3 is 2.70 bits per heavy atom. The van der Waals surface area contributed by atoms with Gasteiger partial charge in [0.15, 0.2) is 11.5 Å². The molecule has 0 bridgehead atoms. The van der Waals surface area contributed by atoms with Crippen LogP contribution < -0.4 is 15.0 Å². The normalized spacial score (nSPS) is 17.9. The molecule has 148 valence electrons. The summed E-state index contributed by atoms with van der Waals surface area (Å²) >= 11 is 0. The molecule has 0 amide bonds. The number of rotatable bonds is 8.